The van der Waals surface area contributed by atoms with Crippen molar-refractivity contribution in [1.82, 2.24) is 10.2 Å². The molecule has 0 aromatic heterocycles. The van der Waals surface area contributed by atoms with Gasteiger partial charge in [-0.1, -0.05) is 78.7 Å². The van der Waals surface area contributed by atoms with Crippen molar-refractivity contribution in [2.75, 3.05) is 13.2 Å². The van der Waals surface area contributed by atoms with E-state index in [1.54, 1.807) is 29.2 Å². The molecule has 0 bridgehead atoms. The minimum Gasteiger partial charge on any atom is -0.483 e. The van der Waals surface area contributed by atoms with E-state index in [0.717, 1.165) is 17.5 Å². The number of carbonyl (C=O) groups excluding carboxylic acids is 2. The van der Waals surface area contributed by atoms with E-state index in [1.807, 2.05) is 55.5 Å². The second kappa shape index (κ2) is 13.5. The molecule has 1 atom stereocenters. The summed E-state index contributed by atoms with van der Waals surface area (Å²) in [5.41, 5.74) is 1.69. The Morgan fingerprint density at radius 2 is 1.74 bits per heavy atom. The van der Waals surface area contributed by atoms with Crippen LogP contribution in [0.25, 0.3) is 0 Å². The highest BCUT2D eigenvalue weighted by atomic mass is 79.9. The fourth-order valence-electron chi connectivity index (χ4n) is 3.54. The second-order valence-electron chi connectivity index (χ2n) is 7.97. The van der Waals surface area contributed by atoms with E-state index in [1.165, 1.54) is 0 Å². The predicted octanol–water partition coefficient (Wildman–Crippen LogP) is 6.30. The molecule has 8 heteroatoms. The van der Waals surface area contributed by atoms with Gasteiger partial charge < -0.3 is 15.0 Å². The summed E-state index contributed by atoms with van der Waals surface area (Å²) in [6.07, 6.45) is 1.15. The van der Waals surface area contributed by atoms with Crippen molar-refractivity contribution in [3.8, 4) is 5.75 Å². The Morgan fingerprint density at radius 3 is 2.43 bits per heavy atom. The molecule has 1 N–H and O–H groups in total. The van der Waals surface area contributed by atoms with Gasteiger partial charge in [-0.3, -0.25) is 9.59 Å². The number of carbonyl (C=O) groups is 2. The Labute approximate surface area is 224 Å². The van der Waals surface area contributed by atoms with E-state index >= 15 is 0 Å². The summed E-state index contributed by atoms with van der Waals surface area (Å²) >= 11 is 15.8. The summed E-state index contributed by atoms with van der Waals surface area (Å²) in [5, 5.41) is 4.02. The van der Waals surface area contributed by atoms with Gasteiger partial charge in [-0.05, 0) is 57.7 Å². The summed E-state index contributed by atoms with van der Waals surface area (Å²) in [6.45, 7) is 2.42. The molecule has 184 valence electrons. The molecule has 0 radical (unpaired) electrons. The zero-order chi connectivity index (χ0) is 25.2. The fourth-order valence-corrected chi connectivity index (χ4v) is 4.54. The first-order valence-electron chi connectivity index (χ1n) is 11.3. The lowest BCUT2D eigenvalue weighted by molar-refractivity contribution is -0.142. The minimum absolute atomic E-state index is 0.167. The number of amides is 2. The summed E-state index contributed by atoms with van der Waals surface area (Å²) in [7, 11) is 0. The molecule has 5 nitrogen and oxygen atoms in total. The zero-order valence-corrected chi connectivity index (χ0v) is 22.4. The molecule has 0 aliphatic rings. The number of hydrogen-bond donors (Lipinski definition) is 1. The summed E-state index contributed by atoms with van der Waals surface area (Å²) in [5.74, 6) is -0.0707. The second-order valence-corrected chi connectivity index (χ2v) is 9.67. The third kappa shape index (κ3) is 7.99. The zero-order valence-electron chi connectivity index (χ0n) is 19.3. The molecule has 0 spiro atoms. The van der Waals surface area contributed by atoms with E-state index < -0.39 is 6.04 Å². The Kier molecular flexibility index (Phi) is 10.5. The van der Waals surface area contributed by atoms with E-state index in [0.29, 0.717) is 33.2 Å². The van der Waals surface area contributed by atoms with Crippen LogP contribution in [0, 0.1) is 0 Å². The number of hydrogen-bond acceptors (Lipinski definition) is 3. The lowest BCUT2D eigenvalue weighted by atomic mass is 10.0. The molecule has 0 aliphatic heterocycles. The smallest absolute Gasteiger partial charge is 0.261 e. The Morgan fingerprint density at radius 1 is 1.03 bits per heavy atom. The van der Waals surface area contributed by atoms with Crippen molar-refractivity contribution < 1.29 is 14.3 Å². The normalized spacial score (nSPS) is 11.5. The average molecular weight is 578 g/mol. The molecule has 3 rings (SSSR count). The van der Waals surface area contributed by atoms with Crippen molar-refractivity contribution in [2.45, 2.75) is 32.4 Å². The van der Waals surface area contributed by atoms with Gasteiger partial charge in [-0.15, -0.1) is 0 Å². The fraction of sp³-hybridized carbons (Fsp3) is 0.259. The monoisotopic (exact) mass is 576 g/mol. The van der Waals surface area contributed by atoms with Gasteiger partial charge in [0, 0.05) is 29.6 Å². The number of ether oxygens (including phenoxy) is 1. The van der Waals surface area contributed by atoms with Gasteiger partial charge in [0.05, 0.1) is 4.47 Å². The van der Waals surface area contributed by atoms with Crippen LogP contribution in [0.15, 0.2) is 77.3 Å². The number of halogens is 3. The largest absolute Gasteiger partial charge is 0.483 e. The van der Waals surface area contributed by atoms with E-state index in [4.69, 9.17) is 27.9 Å². The third-order valence-electron chi connectivity index (χ3n) is 5.36. The molecule has 0 saturated carbocycles. The molecule has 35 heavy (non-hydrogen) atoms. The lowest BCUT2D eigenvalue weighted by Crippen LogP contribution is -2.51. The van der Waals surface area contributed by atoms with Crippen LogP contribution in [-0.4, -0.2) is 35.9 Å². The standard InChI is InChI=1S/C27H27BrCl2N2O3/c1-2-14-31-27(34)24(15-19-8-4-3-5-9-19)32(17-20-10-6-7-11-23(20)30)26(33)18-35-25-13-12-21(29)16-22(25)28/h3-13,16,24H,2,14-15,17-18H2,1H3,(H,31,34)/t24-/m0/s1. The van der Waals surface area contributed by atoms with Crippen LogP contribution < -0.4 is 10.1 Å². The molecule has 3 aromatic carbocycles. The average Bonchev–Trinajstić information content (AvgIpc) is 2.85. The molecule has 0 unspecified atom stereocenters. The quantitative estimate of drug-likeness (QED) is 0.291. The van der Waals surface area contributed by atoms with Crippen LogP contribution in [0.2, 0.25) is 10.0 Å². The van der Waals surface area contributed by atoms with Crippen molar-refractivity contribution in [3.63, 3.8) is 0 Å². The first-order chi connectivity index (χ1) is 16.9. The van der Waals surface area contributed by atoms with Crippen LogP contribution in [0.1, 0.15) is 24.5 Å². The summed E-state index contributed by atoms with van der Waals surface area (Å²) < 4.78 is 6.44. The van der Waals surface area contributed by atoms with Gasteiger partial charge in [0.2, 0.25) is 5.91 Å². The number of nitrogens with one attached hydrogen (secondary N) is 1. The van der Waals surface area contributed by atoms with E-state index in [2.05, 4.69) is 21.2 Å². The Bertz CT molecular complexity index is 1140. The highest BCUT2D eigenvalue weighted by Crippen LogP contribution is 2.28. The van der Waals surface area contributed by atoms with Crippen LogP contribution in [0.5, 0.6) is 5.75 Å². The van der Waals surface area contributed by atoms with Crippen LogP contribution in [0.3, 0.4) is 0 Å². The highest BCUT2D eigenvalue weighted by molar-refractivity contribution is 9.10. The summed E-state index contributed by atoms with van der Waals surface area (Å²) in [6, 6.07) is 21.3. The number of rotatable bonds is 11. The maximum Gasteiger partial charge on any atom is 0.261 e. The van der Waals surface area contributed by atoms with Gasteiger partial charge >= 0.3 is 0 Å². The van der Waals surface area contributed by atoms with Gasteiger partial charge in [-0.25, -0.2) is 0 Å². The highest BCUT2D eigenvalue weighted by Gasteiger charge is 2.31. The van der Waals surface area contributed by atoms with Gasteiger partial charge in [0.1, 0.15) is 11.8 Å². The topological polar surface area (TPSA) is 58.6 Å². The van der Waals surface area contributed by atoms with Gasteiger partial charge in [-0.2, -0.15) is 0 Å². The number of benzene rings is 3. The van der Waals surface area contributed by atoms with Crippen molar-refractivity contribution >= 4 is 50.9 Å². The van der Waals surface area contributed by atoms with Gasteiger partial charge in [0.25, 0.3) is 5.91 Å². The predicted molar refractivity (Wildman–Crippen MR) is 144 cm³/mol. The number of nitrogens with zero attached hydrogens (tertiary/aromatic N) is 1. The Balaban J connectivity index is 1.91. The Hall–Kier alpha value is -2.54. The molecule has 0 heterocycles. The van der Waals surface area contributed by atoms with Crippen molar-refractivity contribution in [3.05, 3.63) is 98.4 Å². The maximum absolute atomic E-state index is 13.6. The first-order valence-corrected chi connectivity index (χ1v) is 12.9. The molecule has 2 amide bonds. The molecule has 0 saturated heterocycles. The van der Waals surface area contributed by atoms with Crippen LogP contribution in [-0.2, 0) is 22.6 Å². The van der Waals surface area contributed by atoms with E-state index in [9.17, 15) is 9.59 Å². The maximum atomic E-state index is 13.6. The molecule has 3 aromatic rings. The van der Waals surface area contributed by atoms with Crippen LogP contribution in [0.4, 0.5) is 0 Å². The van der Waals surface area contributed by atoms with Crippen molar-refractivity contribution in [1.29, 1.82) is 0 Å². The van der Waals surface area contributed by atoms with Crippen LogP contribution >= 0.6 is 39.1 Å². The van der Waals surface area contributed by atoms with Crippen molar-refractivity contribution in [2.24, 2.45) is 0 Å². The molecular weight excluding hydrogens is 551 g/mol. The molecule has 0 aliphatic carbocycles. The SMILES string of the molecule is CCCNC(=O)[C@H](Cc1ccccc1)N(Cc1ccccc1Cl)C(=O)COc1ccc(Cl)cc1Br. The van der Waals surface area contributed by atoms with Gasteiger partial charge in [0.15, 0.2) is 6.61 Å². The first kappa shape index (κ1) is 27.1. The minimum atomic E-state index is -0.745. The lowest BCUT2D eigenvalue weighted by Gasteiger charge is -2.31. The summed E-state index contributed by atoms with van der Waals surface area (Å²) in [4.78, 5) is 28.4. The molecule has 0 fully saturated rings. The third-order valence-corrected chi connectivity index (χ3v) is 6.59. The molecular formula is C27H27BrCl2N2O3. The van der Waals surface area contributed by atoms with E-state index in [-0.39, 0.29) is 25.0 Å².